The minimum absolute atomic E-state index is 0.202. The highest BCUT2D eigenvalue weighted by atomic mass is 35.5. The molecule has 0 amide bonds. The van der Waals surface area contributed by atoms with Crippen LogP contribution < -0.4 is 5.46 Å². The van der Waals surface area contributed by atoms with E-state index in [1.54, 1.807) is 0 Å². The highest BCUT2D eigenvalue weighted by molar-refractivity contribution is 6.45. The summed E-state index contributed by atoms with van der Waals surface area (Å²) in [5.74, 6) is 0. The van der Waals surface area contributed by atoms with Gasteiger partial charge in [0.2, 0.25) is 0 Å². The van der Waals surface area contributed by atoms with Gasteiger partial charge >= 0.3 is 12.4 Å². The second kappa shape index (κ2) is 4.34. The van der Waals surface area contributed by atoms with E-state index in [9.17, 15) is 26.3 Å². The Kier molecular flexibility index (Phi) is 3.66. The Morgan fingerprint density at radius 2 is 1.44 bits per heavy atom. The molecule has 1 rings (SSSR count). The first-order chi connectivity index (χ1) is 7.91. The van der Waals surface area contributed by atoms with Crippen LogP contribution in [0.5, 0.6) is 0 Å². The Morgan fingerprint density at radius 3 is 1.78 bits per heavy atom. The number of hydrogen-bond acceptors (Lipinski definition) is 1. The third kappa shape index (κ3) is 2.31. The summed E-state index contributed by atoms with van der Waals surface area (Å²) >= 11 is 5.35. The summed E-state index contributed by atoms with van der Waals surface area (Å²) in [6.45, 7) is 0. The Balaban J connectivity index is 3.51. The highest BCUT2D eigenvalue weighted by Gasteiger charge is 2.71. The molecule has 0 fully saturated rings. The number of alkyl halides is 6. The summed E-state index contributed by atoms with van der Waals surface area (Å²) in [6.07, 6.45) is -11.9. The van der Waals surface area contributed by atoms with Crippen LogP contribution in [0.4, 0.5) is 26.3 Å². The van der Waals surface area contributed by atoms with Crippen LogP contribution in [0.15, 0.2) is 18.2 Å². The predicted octanol–water partition coefficient (Wildman–Crippen LogP) is 2.45. The number of rotatable bonds is 1. The molecule has 1 aromatic rings. The maximum absolute atomic E-state index is 12.5. The van der Waals surface area contributed by atoms with E-state index in [4.69, 9.17) is 24.6 Å². The van der Waals surface area contributed by atoms with Crippen LogP contribution in [0.1, 0.15) is 5.56 Å². The summed E-state index contributed by atoms with van der Waals surface area (Å²) in [5.41, 5.74) is -6.63. The molecule has 0 saturated heterocycles. The van der Waals surface area contributed by atoms with Gasteiger partial charge in [-0.25, -0.2) is 0 Å². The third-order valence-electron chi connectivity index (χ3n) is 2.24. The Bertz CT molecular complexity index is 441. The number of benzene rings is 1. The van der Waals surface area contributed by atoms with Crippen LogP contribution in [-0.4, -0.2) is 25.3 Å². The summed E-state index contributed by atoms with van der Waals surface area (Å²) in [6, 6.07) is 1.50. The van der Waals surface area contributed by atoms with Crippen LogP contribution in [-0.2, 0) is 5.60 Å². The normalized spacial score (nSPS) is 13.8. The van der Waals surface area contributed by atoms with Gasteiger partial charge in [-0.3, -0.25) is 0 Å². The smallest absolute Gasteiger partial charge is 0.369 e. The van der Waals surface area contributed by atoms with E-state index in [2.05, 4.69) is 0 Å². The zero-order valence-electron chi connectivity index (χ0n) is 8.40. The number of hydrogen-bond donors (Lipinski definition) is 1. The second-order valence-corrected chi connectivity index (χ2v) is 3.85. The van der Waals surface area contributed by atoms with E-state index in [1.165, 1.54) is 0 Å². The molecule has 0 aromatic heterocycles. The Morgan fingerprint density at radius 1 is 1.00 bits per heavy atom. The minimum atomic E-state index is -5.94. The number of halogens is 7. The lowest BCUT2D eigenvalue weighted by molar-refractivity contribution is -0.376. The van der Waals surface area contributed by atoms with Crippen molar-refractivity contribution in [1.29, 1.82) is 0 Å². The lowest BCUT2D eigenvalue weighted by Gasteiger charge is -2.32. The van der Waals surface area contributed by atoms with Crippen molar-refractivity contribution in [1.82, 2.24) is 0 Å². The molecular weight excluding hydrogens is 284 g/mol. The molecule has 0 aliphatic rings. The largest absolute Gasteiger partial charge is 0.430 e. The lowest BCUT2D eigenvalue weighted by atomic mass is 9.88. The van der Waals surface area contributed by atoms with Crippen molar-refractivity contribution < 1.29 is 31.4 Å². The monoisotopic (exact) mass is 288 g/mol. The Labute approximate surface area is 104 Å². The lowest BCUT2D eigenvalue weighted by Crippen LogP contribution is -2.54. The zero-order valence-corrected chi connectivity index (χ0v) is 9.16. The molecule has 1 N–H and O–H groups in total. The second-order valence-electron chi connectivity index (χ2n) is 3.44. The van der Waals surface area contributed by atoms with Crippen molar-refractivity contribution in [2.24, 2.45) is 0 Å². The van der Waals surface area contributed by atoms with Gasteiger partial charge in [-0.15, -0.1) is 0 Å². The molecule has 9 heteroatoms. The molecule has 0 aliphatic carbocycles. The first-order valence-electron chi connectivity index (χ1n) is 4.32. The molecular formula is C9H4BClF6O. The fraction of sp³-hybridized carbons (Fsp3) is 0.333. The standard InChI is InChI=1S/C9H4BClF6O/c10-5-2-1-4(3-6(5)11)7(18,8(12,13)14)9(15,16)17/h1-3,18H. The molecule has 0 aliphatic heterocycles. The molecule has 0 unspecified atom stereocenters. The van der Waals surface area contributed by atoms with E-state index < -0.39 is 28.5 Å². The molecule has 98 valence electrons. The van der Waals surface area contributed by atoms with Crippen molar-refractivity contribution in [2.45, 2.75) is 18.0 Å². The van der Waals surface area contributed by atoms with Crippen LogP contribution in [0.25, 0.3) is 0 Å². The summed E-state index contributed by atoms with van der Waals surface area (Å²) in [7, 11) is 5.17. The van der Waals surface area contributed by atoms with Crippen molar-refractivity contribution in [2.75, 3.05) is 0 Å². The van der Waals surface area contributed by atoms with E-state index in [-0.39, 0.29) is 5.46 Å². The van der Waals surface area contributed by atoms with Crippen LogP contribution in [0, 0.1) is 0 Å². The Hall–Kier alpha value is -0.885. The first kappa shape index (κ1) is 15.2. The molecule has 2 radical (unpaired) electrons. The first-order valence-corrected chi connectivity index (χ1v) is 4.70. The van der Waals surface area contributed by atoms with Crippen molar-refractivity contribution in [3.63, 3.8) is 0 Å². The van der Waals surface area contributed by atoms with Gasteiger partial charge in [-0.2, -0.15) is 26.3 Å². The van der Waals surface area contributed by atoms with Gasteiger partial charge in [0, 0.05) is 10.6 Å². The molecule has 18 heavy (non-hydrogen) atoms. The zero-order chi connectivity index (χ0) is 14.4. The van der Waals surface area contributed by atoms with Crippen molar-refractivity contribution in [3.8, 4) is 0 Å². The van der Waals surface area contributed by atoms with Gasteiger partial charge in [0.25, 0.3) is 5.60 Å². The molecule has 0 saturated carbocycles. The molecule has 0 bridgehead atoms. The third-order valence-corrected chi connectivity index (χ3v) is 2.57. The number of aliphatic hydroxyl groups is 1. The SMILES string of the molecule is [B]c1ccc(C(O)(C(F)(F)F)C(F)(F)F)cc1Cl. The minimum Gasteiger partial charge on any atom is -0.369 e. The topological polar surface area (TPSA) is 20.2 Å². The highest BCUT2D eigenvalue weighted by Crippen LogP contribution is 2.50. The van der Waals surface area contributed by atoms with Gasteiger partial charge in [-0.1, -0.05) is 29.2 Å². The van der Waals surface area contributed by atoms with Gasteiger partial charge in [0.1, 0.15) is 7.85 Å². The maximum Gasteiger partial charge on any atom is 0.430 e. The molecule has 0 heterocycles. The molecule has 1 aromatic carbocycles. The van der Waals surface area contributed by atoms with Gasteiger partial charge in [-0.05, 0) is 6.07 Å². The fourth-order valence-electron chi connectivity index (χ4n) is 1.24. The summed E-state index contributed by atoms with van der Waals surface area (Å²) < 4.78 is 74.8. The van der Waals surface area contributed by atoms with Crippen LogP contribution in [0.3, 0.4) is 0 Å². The molecule has 0 spiro atoms. The van der Waals surface area contributed by atoms with E-state index in [1.807, 2.05) is 0 Å². The predicted molar refractivity (Wildman–Crippen MR) is 52.8 cm³/mol. The van der Waals surface area contributed by atoms with Gasteiger partial charge < -0.3 is 5.11 Å². The van der Waals surface area contributed by atoms with E-state index in [0.29, 0.717) is 12.1 Å². The van der Waals surface area contributed by atoms with E-state index >= 15 is 0 Å². The average Bonchev–Trinajstić information content (AvgIpc) is 2.17. The quantitative estimate of drug-likeness (QED) is 0.622. The van der Waals surface area contributed by atoms with Crippen LogP contribution >= 0.6 is 11.6 Å². The molecule has 1 nitrogen and oxygen atoms in total. The average molecular weight is 288 g/mol. The maximum atomic E-state index is 12.5. The summed E-state index contributed by atoms with van der Waals surface area (Å²) in [4.78, 5) is 0. The van der Waals surface area contributed by atoms with Crippen molar-refractivity contribution >= 4 is 24.9 Å². The fourth-order valence-corrected chi connectivity index (χ4v) is 1.42. The van der Waals surface area contributed by atoms with Crippen molar-refractivity contribution in [3.05, 3.63) is 28.8 Å². The van der Waals surface area contributed by atoms with Gasteiger partial charge in [0.15, 0.2) is 0 Å². The van der Waals surface area contributed by atoms with Crippen LogP contribution in [0.2, 0.25) is 5.02 Å². The van der Waals surface area contributed by atoms with E-state index in [0.717, 1.165) is 6.07 Å². The molecule has 0 atom stereocenters. The summed E-state index contributed by atoms with van der Waals surface area (Å²) in [5, 5.41) is 8.51. The van der Waals surface area contributed by atoms with Gasteiger partial charge in [0.05, 0.1) is 0 Å².